The highest BCUT2D eigenvalue weighted by molar-refractivity contribution is 6.04. The van der Waals surface area contributed by atoms with Gasteiger partial charge in [-0.05, 0) is 36.8 Å². The molecule has 0 fully saturated rings. The second-order valence-corrected chi connectivity index (χ2v) is 6.20. The molecule has 0 aliphatic heterocycles. The molecule has 0 bridgehead atoms. The number of carbonyl (C=O) groups is 1. The van der Waals surface area contributed by atoms with Crippen LogP contribution >= 0.6 is 0 Å². The van der Waals surface area contributed by atoms with Crippen molar-refractivity contribution in [2.24, 2.45) is 0 Å². The van der Waals surface area contributed by atoms with Gasteiger partial charge >= 0.3 is 0 Å². The van der Waals surface area contributed by atoms with Crippen LogP contribution in [0.2, 0.25) is 0 Å². The number of nitrogens with one attached hydrogen (secondary N) is 1. The van der Waals surface area contributed by atoms with Crippen LogP contribution < -0.4 is 5.32 Å². The van der Waals surface area contributed by atoms with Crippen molar-refractivity contribution in [1.29, 1.82) is 0 Å². The Hall–Kier alpha value is -3.94. The lowest BCUT2D eigenvalue weighted by Gasteiger charge is -2.09. The molecule has 2 aromatic carbocycles. The van der Waals surface area contributed by atoms with Crippen molar-refractivity contribution in [3.8, 4) is 22.7 Å². The molecule has 0 atom stereocenters. The van der Waals surface area contributed by atoms with E-state index in [-0.39, 0.29) is 5.82 Å². The quantitative estimate of drug-likeness (QED) is 0.547. The average molecular weight is 392 g/mol. The maximum absolute atomic E-state index is 13.7. The van der Waals surface area contributed by atoms with Gasteiger partial charge < -0.3 is 9.73 Å². The van der Waals surface area contributed by atoms with Crippen molar-refractivity contribution in [3.05, 3.63) is 84.0 Å². The maximum Gasteiger partial charge on any atom is 0.262 e. The van der Waals surface area contributed by atoms with E-state index in [4.69, 9.17) is 4.42 Å². The van der Waals surface area contributed by atoms with Gasteiger partial charge in [0.05, 0.1) is 24.3 Å². The average Bonchev–Trinajstić information content (AvgIpc) is 3.24. The number of oxazole rings is 1. The predicted octanol–water partition coefficient (Wildman–Crippen LogP) is 4.64. The molecule has 0 spiro atoms. The largest absolute Gasteiger partial charge is 0.445 e. The summed E-state index contributed by atoms with van der Waals surface area (Å²) < 4.78 is 32.8. The Morgan fingerprint density at radius 1 is 1.03 bits per heavy atom. The first kappa shape index (κ1) is 18.4. The Kier molecular flexibility index (Phi) is 4.82. The van der Waals surface area contributed by atoms with Crippen LogP contribution in [0, 0.1) is 18.6 Å². The number of benzene rings is 2. The van der Waals surface area contributed by atoms with E-state index in [0.717, 1.165) is 28.8 Å². The van der Waals surface area contributed by atoms with E-state index in [1.807, 2.05) is 25.1 Å². The predicted molar refractivity (Wildman–Crippen MR) is 102 cm³/mol. The molecule has 0 saturated carbocycles. The Morgan fingerprint density at radius 3 is 2.48 bits per heavy atom. The third kappa shape index (κ3) is 3.73. The van der Waals surface area contributed by atoms with Gasteiger partial charge in [0, 0.05) is 11.1 Å². The summed E-state index contributed by atoms with van der Waals surface area (Å²) in [5.74, 6) is -2.29. The van der Waals surface area contributed by atoms with Crippen LogP contribution in [0.15, 0.2) is 65.7 Å². The van der Waals surface area contributed by atoms with E-state index in [9.17, 15) is 13.6 Å². The molecule has 0 aliphatic rings. The number of halogens is 2. The fourth-order valence-corrected chi connectivity index (χ4v) is 2.82. The third-order valence-corrected chi connectivity index (χ3v) is 4.28. The van der Waals surface area contributed by atoms with Gasteiger partial charge in [-0.2, -0.15) is 0 Å². The zero-order chi connectivity index (χ0) is 20.4. The number of aromatic nitrogens is 3. The molecule has 4 rings (SSSR count). The second kappa shape index (κ2) is 7.59. The fraction of sp³-hybridized carbons (Fsp3) is 0.0476. The molecule has 1 N–H and O–H groups in total. The first-order valence-corrected chi connectivity index (χ1v) is 8.61. The fourth-order valence-electron chi connectivity index (χ4n) is 2.82. The number of anilines is 1. The van der Waals surface area contributed by atoms with Crippen LogP contribution in [0.5, 0.6) is 0 Å². The molecule has 2 aromatic heterocycles. The summed E-state index contributed by atoms with van der Waals surface area (Å²) in [5.41, 5.74) is 2.44. The van der Waals surface area contributed by atoms with Crippen molar-refractivity contribution in [1.82, 2.24) is 15.0 Å². The topological polar surface area (TPSA) is 80.9 Å². The lowest BCUT2D eigenvalue weighted by atomic mass is 10.0. The van der Waals surface area contributed by atoms with Gasteiger partial charge in [-0.15, -0.1) is 0 Å². The van der Waals surface area contributed by atoms with Crippen LogP contribution in [-0.4, -0.2) is 20.9 Å². The summed E-state index contributed by atoms with van der Waals surface area (Å²) in [4.78, 5) is 24.7. The van der Waals surface area contributed by atoms with E-state index in [2.05, 4.69) is 20.3 Å². The minimum atomic E-state index is -0.953. The summed E-state index contributed by atoms with van der Waals surface area (Å²) in [6.45, 7) is 1.92. The van der Waals surface area contributed by atoms with E-state index < -0.39 is 23.1 Å². The van der Waals surface area contributed by atoms with Gasteiger partial charge in [-0.25, -0.2) is 18.7 Å². The Balaban J connectivity index is 1.59. The first-order valence-electron chi connectivity index (χ1n) is 8.61. The van der Waals surface area contributed by atoms with Crippen molar-refractivity contribution >= 4 is 11.7 Å². The van der Waals surface area contributed by atoms with Gasteiger partial charge in [0.25, 0.3) is 5.91 Å². The minimum absolute atomic E-state index is 0.0721. The Labute approximate surface area is 164 Å². The van der Waals surface area contributed by atoms with E-state index in [0.29, 0.717) is 11.6 Å². The zero-order valence-corrected chi connectivity index (χ0v) is 15.2. The second-order valence-electron chi connectivity index (χ2n) is 6.20. The number of carbonyl (C=O) groups excluding carboxylic acids is 1. The summed E-state index contributed by atoms with van der Waals surface area (Å²) >= 11 is 0. The standard InChI is InChI=1S/C21H14F2N4O2/c1-12-5-6-13(21-24-7-8-29-21)9-14(12)17-10-26-18(11-25-17)27-20(28)19-15(22)3-2-4-16(19)23/h2-11H,1H3,(H,26,27,28). The minimum Gasteiger partial charge on any atom is -0.445 e. The van der Waals surface area contributed by atoms with Crippen LogP contribution in [0.25, 0.3) is 22.7 Å². The molecule has 0 saturated heterocycles. The number of amides is 1. The number of hydrogen-bond donors (Lipinski definition) is 1. The van der Waals surface area contributed by atoms with Gasteiger partial charge in [0.15, 0.2) is 5.82 Å². The van der Waals surface area contributed by atoms with Crippen molar-refractivity contribution in [3.63, 3.8) is 0 Å². The van der Waals surface area contributed by atoms with E-state index in [1.54, 1.807) is 6.20 Å². The molecule has 4 aromatic rings. The normalized spacial score (nSPS) is 10.7. The number of aryl methyl sites for hydroxylation is 1. The molecule has 0 aliphatic carbocycles. The van der Waals surface area contributed by atoms with Crippen LogP contribution in [-0.2, 0) is 0 Å². The molecule has 2 heterocycles. The third-order valence-electron chi connectivity index (χ3n) is 4.28. The molecule has 0 unspecified atom stereocenters. The summed E-state index contributed by atoms with van der Waals surface area (Å²) in [6.07, 6.45) is 5.84. The van der Waals surface area contributed by atoms with Crippen molar-refractivity contribution in [2.45, 2.75) is 6.92 Å². The molecule has 8 heteroatoms. The van der Waals surface area contributed by atoms with Crippen LogP contribution in [0.4, 0.5) is 14.6 Å². The Morgan fingerprint density at radius 2 is 1.83 bits per heavy atom. The molecular weight excluding hydrogens is 378 g/mol. The highest BCUT2D eigenvalue weighted by atomic mass is 19.1. The molecule has 0 radical (unpaired) electrons. The maximum atomic E-state index is 13.7. The van der Waals surface area contributed by atoms with Crippen molar-refractivity contribution in [2.75, 3.05) is 5.32 Å². The lowest BCUT2D eigenvalue weighted by molar-refractivity contribution is 0.101. The smallest absolute Gasteiger partial charge is 0.262 e. The summed E-state index contributed by atoms with van der Waals surface area (Å²) in [5, 5.41) is 2.35. The van der Waals surface area contributed by atoms with E-state index >= 15 is 0 Å². The molecule has 1 amide bonds. The van der Waals surface area contributed by atoms with E-state index in [1.165, 1.54) is 24.7 Å². The zero-order valence-electron chi connectivity index (χ0n) is 15.2. The SMILES string of the molecule is Cc1ccc(-c2ncco2)cc1-c1cnc(NC(=O)c2c(F)cccc2F)cn1. The molecule has 6 nitrogen and oxygen atoms in total. The van der Waals surface area contributed by atoms with Gasteiger partial charge in [-0.1, -0.05) is 12.1 Å². The monoisotopic (exact) mass is 392 g/mol. The molecule has 144 valence electrons. The van der Waals surface area contributed by atoms with Gasteiger partial charge in [0.2, 0.25) is 5.89 Å². The highest BCUT2D eigenvalue weighted by Gasteiger charge is 2.18. The number of rotatable bonds is 4. The number of nitrogens with zero attached hydrogens (tertiary/aromatic N) is 3. The summed E-state index contributed by atoms with van der Waals surface area (Å²) in [7, 11) is 0. The molecular formula is C21H14F2N4O2. The molecule has 29 heavy (non-hydrogen) atoms. The van der Waals surface area contributed by atoms with Crippen LogP contribution in [0.1, 0.15) is 15.9 Å². The summed E-state index contributed by atoms with van der Waals surface area (Å²) in [6, 6.07) is 8.87. The lowest BCUT2D eigenvalue weighted by Crippen LogP contribution is -2.16. The Bertz CT molecular complexity index is 1160. The van der Waals surface area contributed by atoms with Crippen LogP contribution in [0.3, 0.4) is 0 Å². The van der Waals surface area contributed by atoms with Crippen molar-refractivity contribution < 1.29 is 18.0 Å². The number of hydrogen-bond acceptors (Lipinski definition) is 5. The highest BCUT2D eigenvalue weighted by Crippen LogP contribution is 2.27. The van der Waals surface area contributed by atoms with Gasteiger partial charge in [0.1, 0.15) is 23.5 Å². The first-order chi connectivity index (χ1) is 14.0. The van der Waals surface area contributed by atoms with Gasteiger partial charge in [-0.3, -0.25) is 9.78 Å².